The molecule has 2 amide bonds. The molecule has 31 heavy (non-hydrogen) atoms. The van der Waals surface area contributed by atoms with Gasteiger partial charge in [0.2, 0.25) is 5.91 Å². The second kappa shape index (κ2) is 8.29. The normalized spacial score (nSPS) is 16.7. The Kier molecular flexibility index (Phi) is 5.92. The summed E-state index contributed by atoms with van der Waals surface area (Å²) in [7, 11) is 3.06. The molecule has 1 aliphatic heterocycles. The van der Waals surface area contributed by atoms with Crippen molar-refractivity contribution in [1.29, 1.82) is 5.26 Å². The zero-order chi connectivity index (χ0) is 22.9. The van der Waals surface area contributed by atoms with Crippen LogP contribution in [0.25, 0.3) is 0 Å². The Bertz CT molecular complexity index is 1060. The van der Waals surface area contributed by atoms with Gasteiger partial charge in [0.15, 0.2) is 0 Å². The highest BCUT2D eigenvalue weighted by molar-refractivity contribution is 5.97. The van der Waals surface area contributed by atoms with Crippen LogP contribution in [0.15, 0.2) is 24.3 Å². The van der Waals surface area contributed by atoms with Crippen molar-refractivity contribution in [3.05, 3.63) is 46.8 Å². The molecule has 1 aromatic carbocycles. The average molecular weight is 434 g/mol. The third-order valence-electron chi connectivity index (χ3n) is 5.21. The van der Waals surface area contributed by atoms with Crippen LogP contribution in [0.5, 0.6) is 0 Å². The van der Waals surface area contributed by atoms with Crippen LogP contribution in [0.2, 0.25) is 0 Å². The highest BCUT2D eigenvalue weighted by atomic mass is 19.4. The highest BCUT2D eigenvalue weighted by Crippen LogP contribution is 2.35. The molecule has 11 heteroatoms. The number of aromatic nitrogens is 2. The van der Waals surface area contributed by atoms with Gasteiger partial charge in [-0.05, 0) is 31.2 Å². The predicted molar refractivity (Wildman–Crippen MR) is 105 cm³/mol. The van der Waals surface area contributed by atoms with Crippen LogP contribution >= 0.6 is 0 Å². The van der Waals surface area contributed by atoms with Gasteiger partial charge >= 0.3 is 6.18 Å². The number of anilines is 1. The molecule has 8 nitrogen and oxygen atoms in total. The van der Waals surface area contributed by atoms with E-state index in [0.717, 1.165) is 12.1 Å². The van der Waals surface area contributed by atoms with E-state index in [1.54, 1.807) is 31.0 Å². The molecule has 2 aromatic rings. The average Bonchev–Trinajstić information content (AvgIpc) is 3.09. The maximum Gasteiger partial charge on any atom is 0.417 e. The van der Waals surface area contributed by atoms with Crippen LogP contribution in [0.3, 0.4) is 0 Å². The quantitative estimate of drug-likeness (QED) is 0.794. The van der Waals surface area contributed by atoms with Gasteiger partial charge in [-0.3, -0.25) is 14.3 Å². The number of piperazine rings is 1. The topological polar surface area (TPSA) is 94.3 Å². The lowest BCUT2D eigenvalue weighted by atomic mass is 10.0. The van der Waals surface area contributed by atoms with Crippen LogP contribution in [0.1, 0.15) is 27.3 Å². The van der Waals surface area contributed by atoms with Crippen molar-refractivity contribution in [3.8, 4) is 6.07 Å². The fourth-order valence-electron chi connectivity index (χ4n) is 3.67. The number of halogens is 3. The molecule has 0 spiro atoms. The lowest BCUT2D eigenvalue weighted by molar-refractivity contribution is -0.137. The number of carbonyl (C=O) groups excluding carboxylic acids is 2. The molecule has 1 N–H and O–H groups in total. The number of nitrogens with zero attached hydrogens (tertiary/aromatic N) is 5. The predicted octanol–water partition coefficient (Wildman–Crippen LogP) is 1.70. The summed E-state index contributed by atoms with van der Waals surface area (Å²) < 4.78 is 41.5. The first-order valence-corrected chi connectivity index (χ1v) is 9.46. The number of hydrogen-bond acceptors (Lipinski definition) is 5. The smallest absolute Gasteiger partial charge is 0.367 e. The van der Waals surface area contributed by atoms with Crippen LogP contribution in [-0.4, -0.2) is 59.2 Å². The molecule has 3 rings (SSSR count). The van der Waals surface area contributed by atoms with Gasteiger partial charge in [0.05, 0.1) is 22.9 Å². The summed E-state index contributed by atoms with van der Waals surface area (Å²) in [5.41, 5.74) is -0.313. The number of alkyl halides is 3. The Morgan fingerprint density at radius 2 is 1.97 bits per heavy atom. The zero-order valence-corrected chi connectivity index (χ0v) is 17.2. The number of amides is 2. The fourth-order valence-corrected chi connectivity index (χ4v) is 3.67. The van der Waals surface area contributed by atoms with Gasteiger partial charge in [-0.1, -0.05) is 0 Å². The van der Waals surface area contributed by atoms with Crippen molar-refractivity contribution < 1.29 is 22.8 Å². The summed E-state index contributed by atoms with van der Waals surface area (Å²) in [5, 5.41) is 15.7. The minimum atomic E-state index is -4.68. The maximum atomic E-state index is 13.3. The Hall–Kier alpha value is -3.55. The van der Waals surface area contributed by atoms with Crippen molar-refractivity contribution >= 4 is 17.5 Å². The Balaban J connectivity index is 1.92. The van der Waals surface area contributed by atoms with Crippen LogP contribution in [0.4, 0.5) is 18.9 Å². The van der Waals surface area contributed by atoms with Gasteiger partial charge in [-0.25, -0.2) is 0 Å². The molecule has 164 valence electrons. The molecule has 1 unspecified atom stereocenters. The molecule has 1 aromatic heterocycles. The molecule has 2 heterocycles. The van der Waals surface area contributed by atoms with Crippen LogP contribution < -0.4 is 10.2 Å². The van der Waals surface area contributed by atoms with E-state index in [-0.39, 0.29) is 31.2 Å². The Morgan fingerprint density at radius 1 is 1.26 bits per heavy atom. The van der Waals surface area contributed by atoms with Crippen molar-refractivity contribution in [2.75, 3.05) is 31.6 Å². The first-order chi connectivity index (χ1) is 14.6. The standard InChI is InChI=1S/C20H21F3N6O2/c1-12-8-16(27(3)26-12)19(31)29-7-6-28(11-17(29)18(30)25-2)14-5-4-13(10-24)15(9-14)20(21,22)23/h4-5,8-9,17H,6-7,11H2,1-3H3,(H,25,30). The molecule has 0 aliphatic carbocycles. The molecular weight excluding hydrogens is 413 g/mol. The Labute approximate surface area is 176 Å². The minimum Gasteiger partial charge on any atom is -0.367 e. The van der Waals surface area contributed by atoms with E-state index in [2.05, 4.69) is 10.4 Å². The summed E-state index contributed by atoms with van der Waals surface area (Å²) in [6.45, 7) is 2.10. The number of nitrogens with one attached hydrogen (secondary N) is 1. The monoisotopic (exact) mass is 434 g/mol. The van der Waals surface area contributed by atoms with Crippen molar-refractivity contribution in [2.45, 2.75) is 19.1 Å². The van der Waals surface area contributed by atoms with E-state index in [4.69, 9.17) is 5.26 Å². The maximum absolute atomic E-state index is 13.3. The first kappa shape index (κ1) is 22.1. The first-order valence-electron chi connectivity index (χ1n) is 9.46. The molecule has 1 fully saturated rings. The molecule has 0 saturated carbocycles. The highest BCUT2D eigenvalue weighted by Gasteiger charge is 2.38. The largest absolute Gasteiger partial charge is 0.417 e. The van der Waals surface area contributed by atoms with E-state index in [9.17, 15) is 22.8 Å². The van der Waals surface area contributed by atoms with E-state index >= 15 is 0 Å². The van der Waals surface area contributed by atoms with Gasteiger partial charge < -0.3 is 15.1 Å². The van der Waals surface area contributed by atoms with Crippen LogP contribution in [-0.2, 0) is 18.0 Å². The summed E-state index contributed by atoms with van der Waals surface area (Å²) >= 11 is 0. The second-order valence-corrected chi connectivity index (χ2v) is 7.21. The Morgan fingerprint density at radius 3 is 2.52 bits per heavy atom. The van der Waals surface area contributed by atoms with Crippen molar-refractivity contribution in [1.82, 2.24) is 20.0 Å². The number of likely N-dealkylation sites (N-methyl/N-ethyl adjacent to an activating group) is 1. The lowest BCUT2D eigenvalue weighted by Crippen LogP contribution is -2.60. The molecule has 1 aliphatic rings. The van der Waals surface area contributed by atoms with E-state index in [1.165, 1.54) is 22.7 Å². The summed E-state index contributed by atoms with van der Waals surface area (Å²) in [6.07, 6.45) is -4.68. The van der Waals surface area contributed by atoms with E-state index in [1.807, 2.05) is 0 Å². The minimum absolute atomic E-state index is 0.00540. The SMILES string of the molecule is CNC(=O)C1CN(c2ccc(C#N)c(C(F)(F)F)c2)CCN1C(=O)c1cc(C)nn1C. The van der Waals surface area contributed by atoms with Gasteiger partial charge in [0, 0.05) is 39.4 Å². The zero-order valence-electron chi connectivity index (χ0n) is 17.2. The van der Waals surface area contributed by atoms with Gasteiger partial charge in [0.25, 0.3) is 5.91 Å². The fraction of sp³-hybridized carbons (Fsp3) is 0.400. The summed E-state index contributed by atoms with van der Waals surface area (Å²) in [5.74, 6) is -0.811. The van der Waals surface area contributed by atoms with Crippen molar-refractivity contribution in [3.63, 3.8) is 0 Å². The number of carbonyl (C=O) groups is 2. The van der Waals surface area contributed by atoms with Gasteiger partial charge in [-0.15, -0.1) is 0 Å². The molecule has 0 bridgehead atoms. The summed E-state index contributed by atoms with van der Waals surface area (Å²) in [6, 6.07) is 5.69. The number of rotatable bonds is 3. The van der Waals surface area contributed by atoms with Crippen molar-refractivity contribution in [2.24, 2.45) is 7.05 Å². The number of benzene rings is 1. The summed E-state index contributed by atoms with van der Waals surface area (Å²) in [4.78, 5) is 28.6. The lowest BCUT2D eigenvalue weighted by Gasteiger charge is -2.41. The van der Waals surface area contributed by atoms with Gasteiger partial charge in [-0.2, -0.15) is 23.5 Å². The third kappa shape index (κ3) is 4.33. The second-order valence-electron chi connectivity index (χ2n) is 7.21. The molecular formula is C20H21F3N6O2. The van der Waals surface area contributed by atoms with E-state index in [0.29, 0.717) is 11.4 Å². The van der Waals surface area contributed by atoms with Gasteiger partial charge in [0.1, 0.15) is 11.7 Å². The molecule has 1 saturated heterocycles. The van der Waals surface area contributed by atoms with Crippen LogP contribution in [0, 0.1) is 18.3 Å². The molecule has 0 radical (unpaired) electrons. The third-order valence-corrected chi connectivity index (χ3v) is 5.21. The number of hydrogen-bond donors (Lipinski definition) is 1. The molecule has 1 atom stereocenters. The number of nitriles is 1. The van der Waals surface area contributed by atoms with E-state index < -0.39 is 29.3 Å². The number of aryl methyl sites for hydroxylation is 2.